The van der Waals surface area contributed by atoms with Crippen molar-refractivity contribution in [1.29, 1.82) is 0 Å². The van der Waals surface area contributed by atoms with Gasteiger partial charge in [-0.1, -0.05) is 20.8 Å². The minimum atomic E-state index is -2.49. The summed E-state index contributed by atoms with van der Waals surface area (Å²) in [5.74, 6) is 1.67. The molecule has 0 aromatic heterocycles. The van der Waals surface area contributed by atoms with Gasteiger partial charge in [-0.3, -0.25) is 0 Å². The molecule has 3 fully saturated rings. The van der Waals surface area contributed by atoms with Crippen molar-refractivity contribution < 1.29 is 58.3 Å². The zero-order valence-electron chi connectivity index (χ0n) is 53.1. The fourth-order valence-electron chi connectivity index (χ4n) is 14.2. The van der Waals surface area contributed by atoms with Crippen molar-refractivity contribution in [3.63, 3.8) is 0 Å². The van der Waals surface area contributed by atoms with E-state index in [1.807, 2.05) is 41.5 Å². The summed E-state index contributed by atoms with van der Waals surface area (Å²) in [6.07, 6.45) is 8.61. The van der Waals surface area contributed by atoms with E-state index in [2.05, 4.69) is 117 Å². The second-order valence-electron chi connectivity index (χ2n) is 26.1. The van der Waals surface area contributed by atoms with Gasteiger partial charge in [0.05, 0.1) is 47.3 Å². The van der Waals surface area contributed by atoms with Crippen LogP contribution in [0, 0.1) is 17.8 Å². The van der Waals surface area contributed by atoms with E-state index in [-0.39, 0.29) is 24.1 Å². The van der Waals surface area contributed by atoms with E-state index in [1.54, 1.807) is 28.4 Å². The van der Waals surface area contributed by atoms with E-state index in [9.17, 15) is 20.4 Å². The third kappa shape index (κ3) is 17.6. The Bertz CT molecular complexity index is 2190. The molecule has 3 heterocycles. The summed E-state index contributed by atoms with van der Waals surface area (Å²) in [5.41, 5.74) is -3.49. The average Bonchev–Trinajstić information content (AvgIpc) is 3.59. The van der Waals surface area contributed by atoms with Gasteiger partial charge in [0.1, 0.15) is 6.10 Å². The van der Waals surface area contributed by atoms with Gasteiger partial charge < -0.3 is 49.0 Å². The average molecular weight is 1170 g/mol. The van der Waals surface area contributed by atoms with Gasteiger partial charge in [-0.05, 0) is 99.6 Å². The Kier molecular flexibility index (Phi) is 25.9. The summed E-state index contributed by atoms with van der Waals surface area (Å²) in [4.78, 5) is 4.73. The van der Waals surface area contributed by atoms with Crippen molar-refractivity contribution in [3.8, 4) is 17.2 Å². The molecule has 0 saturated carbocycles. The molecule has 2 unspecified atom stereocenters. The molecule has 466 valence electrons. The Hall–Kier alpha value is -2.95. The molecule has 15 heteroatoms. The maximum absolute atomic E-state index is 13.0. The topological polar surface area (TPSA) is 161 Å². The van der Waals surface area contributed by atoms with Crippen LogP contribution in [0.25, 0.3) is 0 Å². The summed E-state index contributed by atoms with van der Waals surface area (Å²) in [7, 11) is 8.47. The summed E-state index contributed by atoms with van der Waals surface area (Å²) < 4.78 is 49.7. The van der Waals surface area contributed by atoms with Crippen LogP contribution in [0.5, 0.6) is 17.2 Å². The van der Waals surface area contributed by atoms with E-state index in [1.165, 1.54) is 35.2 Å². The number of ether oxygens (including phenoxy) is 8. The molecule has 0 aliphatic carbocycles. The SMILES string of the molecule is CC[C@H]1OC(O)[C@H](C)[C@@H](C2C[C@@](C)(OC)[C@@H](O)[C@H](C)O2)C[C@@H](O[C@H]2C[C@@H](N(C)C)C[C@@H](C)O2)[C@](C)(O)C[C@@H](C)CN(CCCCCCCCCC[PH](c2ccc(OC)cc2)(c2ccc(OC)cc2)c2ccc(OC)cc2)[C@H](C)C[C@]1(C)O. The predicted octanol–water partition coefficient (Wildman–Crippen LogP) is 10.0. The molecule has 16 atom stereocenters. The van der Waals surface area contributed by atoms with Crippen LogP contribution in [-0.2, 0) is 23.7 Å². The normalized spacial score (nSPS) is 34.2. The molecule has 3 saturated heterocycles. The number of hydrogen-bond donors (Lipinski definition) is 4. The molecule has 4 N–H and O–H groups in total. The minimum Gasteiger partial charge on any atom is -0.387 e. The van der Waals surface area contributed by atoms with E-state index < -0.39 is 79.0 Å². The number of nitrogens with zero attached hydrogens (tertiary/aromatic N) is 2. The van der Waals surface area contributed by atoms with E-state index >= 15 is 0 Å². The molecule has 0 amide bonds. The van der Waals surface area contributed by atoms with Gasteiger partial charge in [0.25, 0.3) is 0 Å². The zero-order chi connectivity index (χ0) is 60.0. The first-order chi connectivity index (χ1) is 38.9. The standard InChI is InChI=1S/C67H111N2O12P/c1-16-60-66(8,73)43-47(3)69(37-23-21-19-17-18-20-22-24-38-82(55-31-25-52(74-12)26-32-55,56-33-27-53(75-13)28-34-56)57-35-29-54(76-14)30-36-57)45-46(2)42-65(7,72)61(80-62-40-51(68(10)11)39-48(4)78-62)41-58(49(5)64(71)81-60)59-44-67(9,77-15)63(70)50(6)79-59/h25-36,46-51,58-64,70-73,82H,16-24,37-45H2,1-15H3/t46-,47-,48-,49-,50+,51+,58+,59?,60-,61-,62+,63+,64?,65-,66+,67-/m1/s1. The number of benzene rings is 3. The quantitative estimate of drug-likeness (QED) is 0.0525. The molecule has 0 bridgehead atoms. The summed E-state index contributed by atoms with van der Waals surface area (Å²) in [6, 6.07) is 26.4. The number of unbranched alkanes of at least 4 members (excludes halogenated alkanes) is 7. The Balaban J connectivity index is 1.15. The summed E-state index contributed by atoms with van der Waals surface area (Å²) in [5, 5.41) is 53.1. The number of aliphatic hydroxyl groups is 4. The van der Waals surface area contributed by atoms with Gasteiger partial charge in [-0.2, -0.15) is 0 Å². The number of rotatable bonds is 23. The van der Waals surface area contributed by atoms with Crippen LogP contribution in [-0.4, -0.2) is 170 Å². The third-order valence-electron chi connectivity index (χ3n) is 19.3. The van der Waals surface area contributed by atoms with Gasteiger partial charge in [-0.25, -0.2) is 0 Å². The van der Waals surface area contributed by atoms with Gasteiger partial charge in [0.15, 0.2) is 12.6 Å². The maximum atomic E-state index is 13.0. The van der Waals surface area contributed by atoms with E-state index in [4.69, 9.17) is 37.9 Å². The molecule has 3 aromatic rings. The predicted molar refractivity (Wildman–Crippen MR) is 333 cm³/mol. The Morgan fingerprint density at radius 2 is 1.15 bits per heavy atom. The number of hydrogen-bond acceptors (Lipinski definition) is 14. The van der Waals surface area contributed by atoms with Gasteiger partial charge in [0, 0.05) is 31.9 Å². The van der Waals surface area contributed by atoms with Crippen LogP contribution in [0.2, 0.25) is 0 Å². The molecule has 14 nitrogen and oxygen atoms in total. The molecule has 82 heavy (non-hydrogen) atoms. The van der Waals surface area contributed by atoms with Crippen molar-refractivity contribution in [1.82, 2.24) is 9.80 Å². The van der Waals surface area contributed by atoms with Crippen molar-refractivity contribution in [2.24, 2.45) is 17.8 Å². The van der Waals surface area contributed by atoms with Crippen LogP contribution >= 0.6 is 7.26 Å². The van der Waals surface area contributed by atoms with Gasteiger partial charge in [-0.15, -0.1) is 0 Å². The Morgan fingerprint density at radius 3 is 1.63 bits per heavy atom. The van der Waals surface area contributed by atoms with E-state index in [0.29, 0.717) is 38.5 Å². The van der Waals surface area contributed by atoms with Crippen LogP contribution in [0.4, 0.5) is 0 Å². The first-order valence-electron chi connectivity index (χ1n) is 31.3. The Morgan fingerprint density at radius 1 is 0.634 bits per heavy atom. The van der Waals surface area contributed by atoms with Crippen LogP contribution in [0.1, 0.15) is 159 Å². The third-order valence-corrected chi connectivity index (χ3v) is 24.4. The molecule has 3 aliphatic heterocycles. The second-order valence-corrected chi connectivity index (χ2v) is 30.1. The summed E-state index contributed by atoms with van der Waals surface area (Å²) >= 11 is 0. The fraction of sp³-hybridized carbons (Fsp3) is 0.731. The van der Waals surface area contributed by atoms with Crippen molar-refractivity contribution in [3.05, 3.63) is 72.8 Å². The van der Waals surface area contributed by atoms with Crippen LogP contribution in [0.15, 0.2) is 72.8 Å². The monoisotopic (exact) mass is 1170 g/mol. The molecule has 0 spiro atoms. The van der Waals surface area contributed by atoms with Crippen molar-refractivity contribution >= 4 is 23.2 Å². The molecular formula is C67H111N2O12P. The van der Waals surface area contributed by atoms with E-state index in [0.717, 1.165) is 75.0 Å². The fourth-order valence-corrected chi connectivity index (χ4v) is 19.1. The van der Waals surface area contributed by atoms with Gasteiger partial charge in [0.2, 0.25) is 0 Å². The first kappa shape index (κ1) is 68.2. The number of methoxy groups -OCH3 is 4. The molecule has 0 radical (unpaired) electrons. The molecule has 3 aromatic carbocycles. The summed E-state index contributed by atoms with van der Waals surface area (Å²) in [6.45, 7) is 19.6. The molecule has 6 rings (SSSR count). The Labute approximate surface area is 495 Å². The number of aliphatic hydroxyl groups excluding tert-OH is 2. The van der Waals surface area contributed by atoms with Crippen LogP contribution < -0.4 is 30.1 Å². The second kappa shape index (κ2) is 31.1. The van der Waals surface area contributed by atoms with Crippen molar-refractivity contribution in [2.45, 2.75) is 237 Å². The van der Waals surface area contributed by atoms with Gasteiger partial charge >= 0.3 is 230 Å². The minimum absolute atomic E-state index is 0.0145. The molecular weight excluding hydrogens is 1060 g/mol. The molecule has 3 aliphatic rings. The van der Waals surface area contributed by atoms with Crippen LogP contribution in [0.3, 0.4) is 0 Å². The zero-order valence-corrected chi connectivity index (χ0v) is 54.1. The van der Waals surface area contributed by atoms with Crippen molar-refractivity contribution in [2.75, 3.05) is 61.8 Å². The smallest absolute Gasteiger partial charge is 0.387 e. The first-order valence-corrected chi connectivity index (χ1v) is 33.5.